The third kappa shape index (κ3) is 5.13. The van der Waals surface area contributed by atoms with E-state index >= 15 is 0 Å². The second-order valence-corrected chi connectivity index (χ2v) is 6.87. The zero-order valence-electron chi connectivity index (χ0n) is 15.0. The summed E-state index contributed by atoms with van der Waals surface area (Å²) in [5, 5.41) is 0. The Morgan fingerprint density at radius 3 is 2.14 bits per heavy atom. The van der Waals surface area contributed by atoms with E-state index in [0.29, 0.717) is 6.61 Å². The highest BCUT2D eigenvalue weighted by molar-refractivity contribution is 6.55. The third-order valence-electron chi connectivity index (χ3n) is 4.46. The Labute approximate surface area is 135 Å². The summed E-state index contributed by atoms with van der Waals surface area (Å²) in [4.78, 5) is 11.8. The summed E-state index contributed by atoms with van der Waals surface area (Å²) < 4.78 is 17.2. The fourth-order valence-electron chi connectivity index (χ4n) is 2.34. The molecule has 0 bridgehead atoms. The lowest BCUT2D eigenvalue weighted by atomic mass is 9.75. The SMILES string of the molecule is CCCCCC/C(=C\C(=O)OCC)B1OC(C)(C)C(C)(C)O1. The molecule has 0 aromatic rings. The van der Waals surface area contributed by atoms with Crippen LogP contribution in [0.25, 0.3) is 0 Å². The van der Waals surface area contributed by atoms with Gasteiger partial charge >= 0.3 is 13.1 Å². The molecule has 0 spiro atoms. The van der Waals surface area contributed by atoms with Crippen molar-refractivity contribution in [3.63, 3.8) is 0 Å². The number of hydrogen-bond acceptors (Lipinski definition) is 4. The number of carbonyl (C=O) groups is 1. The van der Waals surface area contributed by atoms with E-state index in [4.69, 9.17) is 14.0 Å². The van der Waals surface area contributed by atoms with E-state index in [9.17, 15) is 4.79 Å². The van der Waals surface area contributed by atoms with E-state index in [1.54, 1.807) is 13.0 Å². The monoisotopic (exact) mass is 310 g/mol. The minimum Gasteiger partial charge on any atom is -0.463 e. The van der Waals surface area contributed by atoms with E-state index in [1.165, 1.54) is 12.8 Å². The van der Waals surface area contributed by atoms with Crippen LogP contribution < -0.4 is 0 Å². The van der Waals surface area contributed by atoms with Crippen molar-refractivity contribution in [2.24, 2.45) is 0 Å². The molecule has 126 valence electrons. The Hall–Kier alpha value is -0.805. The summed E-state index contributed by atoms with van der Waals surface area (Å²) in [6.45, 7) is 12.4. The second kappa shape index (κ2) is 8.16. The van der Waals surface area contributed by atoms with Crippen molar-refractivity contribution in [1.29, 1.82) is 0 Å². The number of esters is 1. The van der Waals surface area contributed by atoms with Gasteiger partial charge < -0.3 is 14.0 Å². The van der Waals surface area contributed by atoms with Crippen LogP contribution in [0, 0.1) is 0 Å². The van der Waals surface area contributed by atoms with Gasteiger partial charge in [-0.1, -0.05) is 32.6 Å². The maximum Gasteiger partial charge on any atom is 0.490 e. The Morgan fingerprint density at radius 1 is 1.05 bits per heavy atom. The lowest BCUT2D eigenvalue weighted by Crippen LogP contribution is -2.41. The quantitative estimate of drug-likeness (QED) is 0.293. The Bertz CT molecular complexity index is 385. The number of ether oxygens (including phenoxy) is 1. The molecule has 22 heavy (non-hydrogen) atoms. The summed E-state index contributed by atoms with van der Waals surface area (Å²) in [5.74, 6) is -0.317. The first-order valence-corrected chi connectivity index (χ1v) is 8.46. The molecule has 1 aliphatic heterocycles. The highest BCUT2D eigenvalue weighted by Crippen LogP contribution is 2.39. The van der Waals surface area contributed by atoms with Gasteiger partial charge in [0.2, 0.25) is 0 Å². The molecule has 1 saturated heterocycles. The number of unbranched alkanes of at least 4 members (excludes halogenated alkanes) is 3. The van der Waals surface area contributed by atoms with Crippen molar-refractivity contribution in [1.82, 2.24) is 0 Å². The smallest absolute Gasteiger partial charge is 0.463 e. The first kappa shape index (κ1) is 19.2. The molecule has 0 amide bonds. The molecule has 0 aliphatic carbocycles. The highest BCUT2D eigenvalue weighted by Gasteiger charge is 2.52. The number of allylic oxidation sites excluding steroid dienone is 1. The Morgan fingerprint density at radius 2 is 1.64 bits per heavy atom. The van der Waals surface area contributed by atoms with Crippen molar-refractivity contribution in [3.8, 4) is 0 Å². The third-order valence-corrected chi connectivity index (χ3v) is 4.46. The van der Waals surface area contributed by atoms with Crippen LogP contribution in [0.4, 0.5) is 0 Å². The van der Waals surface area contributed by atoms with Crippen LogP contribution >= 0.6 is 0 Å². The molecule has 0 saturated carbocycles. The molecule has 0 unspecified atom stereocenters. The summed E-state index contributed by atoms with van der Waals surface area (Å²) in [6.07, 6.45) is 6.93. The van der Waals surface area contributed by atoms with Gasteiger partial charge in [0, 0.05) is 6.08 Å². The van der Waals surface area contributed by atoms with E-state index in [-0.39, 0.29) is 5.97 Å². The van der Waals surface area contributed by atoms with Gasteiger partial charge in [0.15, 0.2) is 0 Å². The van der Waals surface area contributed by atoms with Crippen molar-refractivity contribution in [3.05, 3.63) is 11.5 Å². The minimum atomic E-state index is -0.462. The highest BCUT2D eigenvalue weighted by atomic mass is 16.7. The summed E-state index contributed by atoms with van der Waals surface area (Å²) in [7, 11) is -0.462. The molecule has 1 fully saturated rings. The van der Waals surface area contributed by atoms with Gasteiger partial charge in [0.05, 0.1) is 17.8 Å². The average molecular weight is 310 g/mol. The number of rotatable bonds is 8. The van der Waals surface area contributed by atoms with Crippen LogP contribution in [0.1, 0.15) is 73.6 Å². The lowest BCUT2D eigenvalue weighted by molar-refractivity contribution is -0.137. The van der Waals surface area contributed by atoms with Crippen molar-refractivity contribution in [2.45, 2.75) is 84.8 Å². The van der Waals surface area contributed by atoms with E-state index in [2.05, 4.69) is 6.92 Å². The van der Waals surface area contributed by atoms with Gasteiger partial charge in [-0.15, -0.1) is 0 Å². The minimum absolute atomic E-state index is 0.317. The molecule has 1 heterocycles. The van der Waals surface area contributed by atoms with E-state index in [0.717, 1.165) is 24.7 Å². The maximum atomic E-state index is 11.8. The van der Waals surface area contributed by atoms with Crippen molar-refractivity contribution < 1.29 is 18.8 Å². The normalized spacial score (nSPS) is 20.3. The van der Waals surface area contributed by atoms with Crippen LogP contribution in [0.5, 0.6) is 0 Å². The van der Waals surface area contributed by atoms with Crippen LogP contribution in [-0.2, 0) is 18.8 Å². The first-order chi connectivity index (χ1) is 10.2. The van der Waals surface area contributed by atoms with E-state index < -0.39 is 18.3 Å². The standard InChI is InChI=1S/C17H31BO4/c1-7-9-10-11-12-14(13-15(19)20-8-2)18-21-16(3,4)17(5,6)22-18/h13H,7-12H2,1-6H3/b14-13+. The van der Waals surface area contributed by atoms with Gasteiger partial charge in [0.1, 0.15) is 0 Å². The molecular weight excluding hydrogens is 279 g/mol. The van der Waals surface area contributed by atoms with Gasteiger partial charge in [0.25, 0.3) is 0 Å². The molecule has 1 aliphatic rings. The Balaban J connectivity index is 2.80. The van der Waals surface area contributed by atoms with Crippen LogP contribution in [-0.4, -0.2) is 30.9 Å². The van der Waals surface area contributed by atoms with Crippen LogP contribution in [0.15, 0.2) is 11.5 Å². The molecule has 0 N–H and O–H groups in total. The second-order valence-electron chi connectivity index (χ2n) is 6.87. The van der Waals surface area contributed by atoms with Crippen molar-refractivity contribution >= 4 is 13.1 Å². The molecule has 0 radical (unpaired) electrons. The van der Waals surface area contributed by atoms with Gasteiger partial charge in [-0.25, -0.2) is 4.79 Å². The topological polar surface area (TPSA) is 44.8 Å². The number of carbonyl (C=O) groups excluding carboxylic acids is 1. The molecule has 5 heteroatoms. The first-order valence-electron chi connectivity index (χ1n) is 8.46. The van der Waals surface area contributed by atoms with E-state index in [1.807, 2.05) is 27.7 Å². The predicted octanol–water partition coefficient (Wildman–Crippen LogP) is 4.08. The van der Waals surface area contributed by atoms with Crippen LogP contribution in [0.2, 0.25) is 0 Å². The summed E-state index contributed by atoms with van der Waals surface area (Å²) in [5.41, 5.74) is 0.0946. The summed E-state index contributed by atoms with van der Waals surface area (Å²) >= 11 is 0. The van der Waals surface area contributed by atoms with Gasteiger partial charge in [-0.2, -0.15) is 0 Å². The fourth-order valence-corrected chi connectivity index (χ4v) is 2.34. The zero-order valence-corrected chi connectivity index (χ0v) is 15.0. The van der Waals surface area contributed by atoms with Crippen molar-refractivity contribution in [2.75, 3.05) is 6.61 Å². The molecule has 0 aromatic carbocycles. The molecule has 0 aromatic heterocycles. The maximum absolute atomic E-state index is 11.8. The lowest BCUT2D eigenvalue weighted by Gasteiger charge is -2.32. The van der Waals surface area contributed by atoms with Gasteiger partial charge in [-0.05, 0) is 46.5 Å². The molecular formula is C17H31BO4. The molecule has 1 rings (SSSR count). The predicted molar refractivity (Wildman–Crippen MR) is 89.6 cm³/mol. The molecule has 0 atom stereocenters. The van der Waals surface area contributed by atoms with Gasteiger partial charge in [-0.3, -0.25) is 0 Å². The van der Waals surface area contributed by atoms with Crippen LogP contribution in [0.3, 0.4) is 0 Å². The average Bonchev–Trinajstić information content (AvgIpc) is 2.62. The summed E-state index contributed by atoms with van der Waals surface area (Å²) in [6, 6.07) is 0. The Kier molecular flexibility index (Phi) is 7.14. The number of hydrogen-bond donors (Lipinski definition) is 0. The molecule has 4 nitrogen and oxygen atoms in total. The fraction of sp³-hybridized carbons (Fsp3) is 0.824. The largest absolute Gasteiger partial charge is 0.490 e. The zero-order chi connectivity index (χ0) is 16.8.